The Labute approximate surface area is 182 Å². The fourth-order valence-corrected chi connectivity index (χ4v) is 3.25. The standard InChI is InChI=1S/C24H29N3O4/c1-25(2)13-14-26(17-20-7-4-3-5-8-20)23(28)10-12-27(18-22-9-6-15-31-22)24(29)21-11-16-30-19-21/h3-9,11,15-16,19H,10,12-14,17-18H2,1-2H3/p+1. The Hall–Kier alpha value is -3.32. The molecule has 0 fully saturated rings. The minimum absolute atomic E-state index is 0.0227. The highest BCUT2D eigenvalue weighted by Gasteiger charge is 2.22. The lowest BCUT2D eigenvalue weighted by atomic mass is 10.2. The fraction of sp³-hybridized carbons (Fsp3) is 0.333. The van der Waals surface area contributed by atoms with Crippen molar-refractivity contribution in [3.63, 3.8) is 0 Å². The van der Waals surface area contributed by atoms with Crippen LogP contribution in [0.15, 0.2) is 76.2 Å². The average molecular weight is 425 g/mol. The number of nitrogens with zero attached hydrogens (tertiary/aromatic N) is 2. The van der Waals surface area contributed by atoms with E-state index in [0.717, 1.165) is 12.1 Å². The lowest BCUT2D eigenvalue weighted by molar-refractivity contribution is -0.857. The SMILES string of the molecule is C[NH+](C)CCN(Cc1ccccc1)C(=O)CCN(Cc1ccco1)C(=O)c1ccoc1. The van der Waals surface area contributed by atoms with Crippen LogP contribution in [-0.2, 0) is 17.9 Å². The second-order valence-corrected chi connectivity index (χ2v) is 7.83. The highest BCUT2D eigenvalue weighted by Crippen LogP contribution is 2.13. The van der Waals surface area contributed by atoms with Gasteiger partial charge >= 0.3 is 0 Å². The Morgan fingerprint density at radius 2 is 1.71 bits per heavy atom. The maximum atomic E-state index is 13.1. The number of furan rings is 2. The molecule has 0 aliphatic rings. The first kappa shape index (κ1) is 22.4. The van der Waals surface area contributed by atoms with Gasteiger partial charge in [0.2, 0.25) is 5.91 Å². The summed E-state index contributed by atoms with van der Waals surface area (Å²) in [6, 6.07) is 15.2. The molecule has 1 N–H and O–H groups in total. The molecule has 0 bridgehead atoms. The predicted molar refractivity (Wildman–Crippen MR) is 116 cm³/mol. The Morgan fingerprint density at radius 3 is 2.35 bits per heavy atom. The summed E-state index contributed by atoms with van der Waals surface area (Å²) in [5.41, 5.74) is 1.54. The van der Waals surface area contributed by atoms with Crippen molar-refractivity contribution in [3.8, 4) is 0 Å². The van der Waals surface area contributed by atoms with E-state index in [9.17, 15) is 9.59 Å². The second kappa shape index (κ2) is 11.2. The number of carbonyl (C=O) groups is 2. The molecule has 0 aliphatic carbocycles. The van der Waals surface area contributed by atoms with Crippen molar-refractivity contribution in [1.29, 1.82) is 0 Å². The number of amides is 2. The summed E-state index contributed by atoms with van der Waals surface area (Å²) in [5.74, 6) is 0.501. The number of hydrogen-bond donors (Lipinski definition) is 1. The van der Waals surface area contributed by atoms with Crippen molar-refractivity contribution in [2.75, 3.05) is 33.7 Å². The topological polar surface area (TPSA) is 71.3 Å². The maximum Gasteiger partial charge on any atom is 0.257 e. The minimum Gasteiger partial charge on any atom is -0.472 e. The quantitative estimate of drug-likeness (QED) is 0.512. The number of benzene rings is 1. The Morgan fingerprint density at radius 1 is 0.903 bits per heavy atom. The fourth-order valence-electron chi connectivity index (χ4n) is 3.25. The van der Waals surface area contributed by atoms with Gasteiger partial charge in [-0.3, -0.25) is 9.59 Å². The molecule has 0 unspecified atom stereocenters. The summed E-state index contributed by atoms with van der Waals surface area (Å²) in [5, 5.41) is 0. The number of carbonyl (C=O) groups excluding carboxylic acids is 2. The van der Waals surface area contributed by atoms with Crippen molar-refractivity contribution in [3.05, 3.63) is 84.2 Å². The third kappa shape index (κ3) is 6.86. The second-order valence-electron chi connectivity index (χ2n) is 7.83. The molecule has 0 saturated carbocycles. The van der Waals surface area contributed by atoms with Crippen LogP contribution in [0.4, 0.5) is 0 Å². The van der Waals surface area contributed by atoms with Gasteiger partial charge in [-0.15, -0.1) is 0 Å². The van der Waals surface area contributed by atoms with E-state index in [1.54, 1.807) is 23.3 Å². The molecule has 2 amide bonds. The van der Waals surface area contributed by atoms with E-state index >= 15 is 0 Å². The van der Waals surface area contributed by atoms with Gasteiger partial charge in [0, 0.05) is 19.5 Å². The van der Waals surface area contributed by atoms with E-state index in [0.29, 0.717) is 37.5 Å². The number of quaternary nitrogens is 1. The Bertz CT molecular complexity index is 921. The monoisotopic (exact) mass is 424 g/mol. The van der Waals surface area contributed by atoms with Crippen LogP contribution in [0.25, 0.3) is 0 Å². The van der Waals surface area contributed by atoms with Crippen molar-refractivity contribution < 1.29 is 23.3 Å². The van der Waals surface area contributed by atoms with E-state index in [4.69, 9.17) is 8.83 Å². The minimum atomic E-state index is -0.190. The molecular weight excluding hydrogens is 394 g/mol. The predicted octanol–water partition coefficient (Wildman–Crippen LogP) is 2.08. The molecule has 2 aromatic heterocycles. The molecule has 0 atom stereocenters. The van der Waals surface area contributed by atoms with Crippen LogP contribution in [0.1, 0.15) is 28.1 Å². The molecule has 0 radical (unpaired) electrons. The number of likely N-dealkylation sites (N-methyl/N-ethyl adjacent to an activating group) is 1. The zero-order valence-electron chi connectivity index (χ0n) is 18.1. The van der Waals surface area contributed by atoms with Crippen molar-refractivity contribution in [2.24, 2.45) is 0 Å². The molecule has 0 saturated heterocycles. The molecular formula is C24H30N3O4+. The van der Waals surface area contributed by atoms with Gasteiger partial charge in [-0.25, -0.2) is 0 Å². The number of nitrogens with one attached hydrogen (secondary N) is 1. The molecule has 1 aromatic carbocycles. The van der Waals surface area contributed by atoms with Gasteiger partial charge in [0.15, 0.2) is 0 Å². The van der Waals surface area contributed by atoms with Gasteiger partial charge < -0.3 is 23.5 Å². The molecule has 164 valence electrons. The van der Waals surface area contributed by atoms with E-state index in [-0.39, 0.29) is 18.2 Å². The summed E-state index contributed by atoms with van der Waals surface area (Å²) in [7, 11) is 4.14. The van der Waals surface area contributed by atoms with Gasteiger partial charge in [-0.2, -0.15) is 0 Å². The average Bonchev–Trinajstić information content (AvgIpc) is 3.48. The summed E-state index contributed by atoms with van der Waals surface area (Å²) in [4.78, 5) is 30.8. The van der Waals surface area contributed by atoms with Gasteiger partial charge in [0.25, 0.3) is 5.91 Å². The molecule has 31 heavy (non-hydrogen) atoms. The molecule has 7 nitrogen and oxygen atoms in total. The smallest absolute Gasteiger partial charge is 0.257 e. The third-order valence-corrected chi connectivity index (χ3v) is 5.03. The summed E-state index contributed by atoms with van der Waals surface area (Å²) < 4.78 is 10.5. The molecule has 0 spiro atoms. The van der Waals surface area contributed by atoms with Crippen LogP contribution in [0, 0.1) is 0 Å². The zero-order valence-corrected chi connectivity index (χ0v) is 18.1. The largest absolute Gasteiger partial charge is 0.472 e. The highest BCUT2D eigenvalue weighted by molar-refractivity contribution is 5.94. The Balaban J connectivity index is 1.67. The van der Waals surface area contributed by atoms with E-state index in [1.165, 1.54) is 17.4 Å². The summed E-state index contributed by atoms with van der Waals surface area (Å²) in [6.45, 7) is 2.65. The van der Waals surface area contributed by atoms with Crippen LogP contribution in [0.3, 0.4) is 0 Å². The lowest BCUT2D eigenvalue weighted by Crippen LogP contribution is -3.06. The van der Waals surface area contributed by atoms with E-state index in [2.05, 4.69) is 14.1 Å². The summed E-state index contributed by atoms with van der Waals surface area (Å²) in [6.07, 6.45) is 4.70. The van der Waals surface area contributed by atoms with Crippen LogP contribution in [0.5, 0.6) is 0 Å². The normalized spacial score (nSPS) is 10.9. The lowest BCUT2D eigenvalue weighted by Gasteiger charge is -2.26. The van der Waals surface area contributed by atoms with Gasteiger partial charge in [-0.1, -0.05) is 30.3 Å². The van der Waals surface area contributed by atoms with E-state index in [1.807, 2.05) is 41.3 Å². The first-order chi connectivity index (χ1) is 15.0. The van der Waals surface area contributed by atoms with Gasteiger partial charge in [-0.05, 0) is 23.8 Å². The number of rotatable bonds is 11. The third-order valence-electron chi connectivity index (χ3n) is 5.03. The molecule has 3 rings (SSSR count). The maximum absolute atomic E-state index is 13.1. The Kier molecular flexibility index (Phi) is 8.06. The molecule has 7 heteroatoms. The first-order valence-electron chi connectivity index (χ1n) is 10.5. The van der Waals surface area contributed by atoms with Crippen LogP contribution < -0.4 is 4.90 Å². The summed E-state index contributed by atoms with van der Waals surface area (Å²) >= 11 is 0. The highest BCUT2D eigenvalue weighted by atomic mass is 16.3. The first-order valence-corrected chi connectivity index (χ1v) is 10.5. The van der Waals surface area contributed by atoms with Crippen LogP contribution in [-0.4, -0.2) is 55.3 Å². The number of hydrogen-bond acceptors (Lipinski definition) is 4. The van der Waals surface area contributed by atoms with Crippen molar-refractivity contribution >= 4 is 11.8 Å². The van der Waals surface area contributed by atoms with Gasteiger partial charge in [0.1, 0.15) is 12.0 Å². The zero-order chi connectivity index (χ0) is 22.1. The van der Waals surface area contributed by atoms with Gasteiger partial charge in [0.05, 0.1) is 51.8 Å². The van der Waals surface area contributed by atoms with Crippen molar-refractivity contribution in [2.45, 2.75) is 19.5 Å². The van der Waals surface area contributed by atoms with E-state index < -0.39 is 0 Å². The van der Waals surface area contributed by atoms with Crippen LogP contribution in [0.2, 0.25) is 0 Å². The molecule has 3 aromatic rings. The molecule has 0 aliphatic heterocycles. The molecule has 2 heterocycles. The van der Waals surface area contributed by atoms with Crippen LogP contribution >= 0.6 is 0 Å². The van der Waals surface area contributed by atoms with Crippen molar-refractivity contribution in [1.82, 2.24) is 9.80 Å².